The average Bonchev–Trinajstić information content (AvgIpc) is 2.75. The Balaban J connectivity index is 1.74. The van der Waals surface area contributed by atoms with Crippen LogP contribution in [0.4, 0.5) is 0 Å². The van der Waals surface area contributed by atoms with Crippen LogP contribution < -0.4 is 10.6 Å². The maximum absolute atomic E-state index is 11.8. The highest BCUT2D eigenvalue weighted by atomic mass is 16.2. The van der Waals surface area contributed by atoms with Gasteiger partial charge in [0.15, 0.2) is 0 Å². The molecule has 1 aliphatic heterocycles. The maximum Gasteiger partial charge on any atom is 0.243 e. The van der Waals surface area contributed by atoms with Crippen LogP contribution in [-0.4, -0.2) is 17.9 Å². The third-order valence-corrected chi connectivity index (χ3v) is 4.02. The first-order valence-electron chi connectivity index (χ1n) is 6.82. The summed E-state index contributed by atoms with van der Waals surface area (Å²) in [5, 5.41) is 5.81. The first-order valence-corrected chi connectivity index (χ1v) is 6.82. The number of piperidine rings is 1. The van der Waals surface area contributed by atoms with E-state index in [1.165, 1.54) is 16.7 Å². The van der Waals surface area contributed by atoms with Crippen molar-refractivity contribution >= 4 is 11.8 Å². The summed E-state index contributed by atoms with van der Waals surface area (Å²) < 4.78 is 0. The molecule has 2 unspecified atom stereocenters. The normalized spacial score (nSPS) is 26.2. The Morgan fingerprint density at radius 3 is 2.74 bits per heavy atom. The van der Waals surface area contributed by atoms with Gasteiger partial charge in [0.25, 0.3) is 0 Å². The molecule has 19 heavy (non-hydrogen) atoms. The van der Waals surface area contributed by atoms with Crippen molar-refractivity contribution in [3.63, 3.8) is 0 Å². The van der Waals surface area contributed by atoms with Gasteiger partial charge in [0.05, 0.1) is 6.04 Å². The van der Waals surface area contributed by atoms with E-state index in [0.29, 0.717) is 12.8 Å². The second-order valence-corrected chi connectivity index (χ2v) is 5.46. The Labute approximate surface area is 112 Å². The van der Waals surface area contributed by atoms with Crippen molar-refractivity contribution in [3.05, 3.63) is 34.9 Å². The number of nitrogens with one attached hydrogen (secondary N) is 2. The fourth-order valence-corrected chi connectivity index (χ4v) is 2.99. The van der Waals surface area contributed by atoms with Crippen LogP contribution in [0.15, 0.2) is 18.2 Å². The molecule has 1 aliphatic carbocycles. The van der Waals surface area contributed by atoms with E-state index in [-0.39, 0.29) is 23.9 Å². The van der Waals surface area contributed by atoms with E-state index in [4.69, 9.17) is 0 Å². The minimum absolute atomic E-state index is 0.161. The lowest BCUT2D eigenvalue weighted by Crippen LogP contribution is -2.51. The molecule has 1 fully saturated rings. The standard InChI is InChI=1S/C15H18N2O2/c1-9-2-3-10-4-5-12(11(10)8-9)16-13-6-7-14(18)17-15(13)19/h2-3,8,12-13,16H,4-7H2,1H3,(H,17,18,19). The van der Waals surface area contributed by atoms with Crippen LogP contribution in [0.2, 0.25) is 0 Å². The highest BCUT2D eigenvalue weighted by molar-refractivity contribution is 6.00. The third kappa shape index (κ3) is 2.40. The van der Waals surface area contributed by atoms with Gasteiger partial charge in [-0.1, -0.05) is 23.8 Å². The van der Waals surface area contributed by atoms with Crippen LogP contribution in [0.5, 0.6) is 0 Å². The molecule has 2 atom stereocenters. The van der Waals surface area contributed by atoms with E-state index in [1.54, 1.807) is 0 Å². The van der Waals surface area contributed by atoms with Gasteiger partial charge in [-0.05, 0) is 37.3 Å². The third-order valence-electron chi connectivity index (χ3n) is 4.02. The van der Waals surface area contributed by atoms with Gasteiger partial charge in [-0.15, -0.1) is 0 Å². The molecule has 100 valence electrons. The molecule has 4 nitrogen and oxygen atoms in total. The molecule has 1 aromatic rings. The van der Waals surface area contributed by atoms with E-state index >= 15 is 0 Å². The number of aryl methyl sites for hydroxylation is 2. The SMILES string of the molecule is Cc1ccc2c(c1)C(NC1CCC(=O)NC1=O)CC2. The van der Waals surface area contributed by atoms with Gasteiger partial charge >= 0.3 is 0 Å². The quantitative estimate of drug-likeness (QED) is 0.788. The van der Waals surface area contributed by atoms with Crippen molar-refractivity contribution in [2.75, 3.05) is 0 Å². The van der Waals surface area contributed by atoms with Gasteiger partial charge in [-0.25, -0.2) is 0 Å². The van der Waals surface area contributed by atoms with E-state index in [9.17, 15) is 9.59 Å². The summed E-state index contributed by atoms with van der Waals surface area (Å²) in [4.78, 5) is 22.9. The first kappa shape index (κ1) is 12.4. The van der Waals surface area contributed by atoms with Gasteiger partial charge in [0.1, 0.15) is 0 Å². The second kappa shape index (κ2) is 4.78. The maximum atomic E-state index is 11.8. The van der Waals surface area contributed by atoms with Crippen molar-refractivity contribution in [1.82, 2.24) is 10.6 Å². The van der Waals surface area contributed by atoms with Gasteiger partial charge in [-0.2, -0.15) is 0 Å². The zero-order chi connectivity index (χ0) is 13.4. The summed E-state index contributed by atoms with van der Waals surface area (Å²) in [7, 11) is 0. The number of imide groups is 1. The molecule has 0 radical (unpaired) electrons. The Morgan fingerprint density at radius 2 is 1.95 bits per heavy atom. The number of hydrogen-bond acceptors (Lipinski definition) is 3. The first-order chi connectivity index (χ1) is 9.13. The number of benzene rings is 1. The molecule has 0 aromatic heterocycles. The molecule has 2 aliphatic rings. The van der Waals surface area contributed by atoms with Gasteiger partial charge in [-0.3, -0.25) is 20.2 Å². The topological polar surface area (TPSA) is 58.2 Å². The molecule has 0 bridgehead atoms. The monoisotopic (exact) mass is 258 g/mol. The second-order valence-electron chi connectivity index (χ2n) is 5.46. The van der Waals surface area contributed by atoms with Crippen molar-refractivity contribution in [1.29, 1.82) is 0 Å². The number of amides is 2. The Bertz CT molecular complexity index is 539. The van der Waals surface area contributed by atoms with Crippen LogP contribution in [0, 0.1) is 6.92 Å². The van der Waals surface area contributed by atoms with Crippen molar-refractivity contribution in [2.45, 2.75) is 44.7 Å². The molecule has 1 saturated heterocycles. The predicted molar refractivity (Wildman–Crippen MR) is 71.5 cm³/mol. The number of fused-ring (bicyclic) bond motifs is 1. The molecular formula is C15H18N2O2. The minimum atomic E-state index is -0.242. The Hall–Kier alpha value is -1.68. The molecule has 0 spiro atoms. The Kier molecular flexibility index (Phi) is 3.11. The molecule has 2 N–H and O–H groups in total. The molecule has 3 rings (SSSR count). The summed E-state index contributed by atoms with van der Waals surface area (Å²) in [6, 6.07) is 6.50. The highest BCUT2D eigenvalue weighted by Crippen LogP contribution is 2.32. The smallest absolute Gasteiger partial charge is 0.243 e. The summed E-state index contributed by atoms with van der Waals surface area (Å²) in [6.07, 6.45) is 3.11. The average molecular weight is 258 g/mol. The Morgan fingerprint density at radius 1 is 1.16 bits per heavy atom. The summed E-state index contributed by atoms with van der Waals surface area (Å²) in [6.45, 7) is 2.08. The number of hydrogen-bond donors (Lipinski definition) is 2. The van der Waals surface area contributed by atoms with Crippen LogP contribution in [0.25, 0.3) is 0 Å². The number of rotatable bonds is 2. The van der Waals surface area contributed by atoms with E-state index in [0.717, 1.165) is 12.8 Å². The fourth-order valence-electron chi connectivity index (χ4n) is 2.99. The zero-order valence-electron chi connectivity index (χ0n) is 11.0. The van der Waals surface area contributed by atoms with Crippen LogP contribution in [-0.2, 0) is 16.0 Å². The van der Waals surface area contributed by atoms with Crippen molar-refractivity contribution in [2.24, 2.45) is 0 Å². The van der Waals surface area contributed by atoms with Crippen LogP contribution in [0.1, 0.15) is 42.0 Å². The van der Waals surface area contributed by atoms with E-state index in [1.807, 2.05) is 0 Å². The lowest BCUT2D eigenvalue weighted by Gasteiger charge is -2.25. The minimum Gasteiger partial charge on any atom is -0.299 e. The largest absolute Gasteiger partial charge is 0.299 e. The van der Waals surface area contributed by atoms with Gasteiger partial charge in [0.2, 0.25) is 11.8 Å². The van der Waals surface area contributed by atoms with Crippen LogP contribution in [0.3, 0.4) is 0 Å². The number of carbonyl (C=O) groups is 2. The molecule has 1 heterocycles. The molecular weight excluding hydrogens is 240 g/mol. The van der Waals surface area contributed by atoms with Gasteiger partial charge in [0, 0.05) is 12.5 Å². The van der Waals surface area contributed by atoms with Crippen molar-refractivity contribution < 1.29 is 9.59 Å². The number of carbonyl (C=O) groups excluding carboxylic acids is 2. The van der Waals surface area contributed by atoms with Crippen LogP contribution >= 0.6 is 0 Å². The summed E-state index contributed by atoms with van der Waals surface area (Å²) >= 11 is 0. The fraction of sp³-hybridized carbons (Fsp3) is 0.467. The molecule has 0 saturated carbocycles. The predicted octanol–water partition coefficient (Wildman–Crippen LogP) is 1.38. The summed E-state index contributed by atoms with van der Waals surface area (Å²) in [5.41, 5.74) is 3.93. The molecule has 4 heteroatoms. The van der Waals surface area contributed by atoms with Crippen molar-refractivity contribution in [3.8, 4) is 0 Å². The summed E-state index contributed by atoms with van der Waals surface area (Å²) in [5.74, 6) is -0.344. The van der Waals surface area contributed by atoms with E-state index in [2.05, 4.69) is 35.8 Å². The molecule has 1 aromatic carbocycles. The molecule has 2 amide bonds. The van der Waals surface area contributed by atoms with Gasteiger partial charge < -0.3 is 0 Å². The lowest BCUT2D eigenvalue weighted by molar-refractivity contribution is -0.134. The lowest BCUT2D eigenvalue weighted by atomic mass is 10.0. The zero-order valence-corrected chi connectivity index (χ0v) is 11.0. The van der Waals surface area contributed by atoms with E-state index < -0.39 is 0 Å². The highest BCUT2D eigenvalue weighted by Gasteiger charge is 2.31.